The molecule has 0 amide bonds. The van der Waals surface area contributed by atoms with Gasteiger partial charge in [-0.3, -0.25) is 9.59 Å². The van der Waals surface area contributed by atoms with E-state index in [9.17, 15) is 9.59 Å². The fourth-order valence-corrected chi connectivity index (χ4v) is 3.67. The Kier molecular flexibility index (Phi) is 7.68. The first-order valence-electron chi connectivity index (χ1n) is 11.1. The van der Waals surface area contributed by atoms with Gasteiger partial charge in [0.25, 0.3) is 0 Å². The SMILES string of the molecule is CCC(=O)Oc1cnc(C(=O)c2ccc(COCCc3ccc(Cl)cc3)cc2)c2ccccc12. The van der Waals surface area contributed by atoms with Crippen LogP contribution in [0.3, 0.4) is 0 Å². The zero-order valence-corrected chi connectivity index (χ0v) is 19.5. The van der Waals surface area contributed by atoms with Crippen LogP contribution < -0.4 is 4.74 Å². The minimum Gasteiger partial charge on any atom is -0.424 e. The molecule has 0 aliphatic rings. The first-order valence-corrected chi connectivity index (χ1v) is 11.5. The minimum atomic E-state index is -0.350. The van der Waals surface area contributed by atoms with E-state index in [2.05, 4.69) is 4.98 Å². The van der Waals surface area contributed by atoms with Gasteiger partial charge in [-0.25, -0.2) is 4.98 Å². The molecule has 0 saturated heterocycles. The molecule has 0 N–H and O–H groups in total. The number of nitrogens with zero attached hydrogens (tertiary/aromatic N) is 1. The Morgan fingerprint density at radius 3 is 2.26 bits per heavy atom. The molecule has 0 radical (unpaired) electrons. The van der Waals surface area contributed by atoms with Crippen molar-refractivity contribution < 1.29 is 19.1 Å². The Morgan fingerprint density at radius 1 is 0.882 bits per heavy atom. The second kappa shape index (κ2) is 11.1. The van der Waals surface area contributed by atoms with E-state index in [0.717, 1.165) is 17.0 Å². The van der Waals surface area contributed by atoms with Gasteiger partial charge in [-0.05, 0) is 29.7 Å². The van der Waals surface area contributed by atoms with E-state index < -0.39 is 0 Å². The molecule has 1 heterocycles. The van der Waals surface area contributed by atoms with Crippen LogP contribution in [0.5, 0.6) is 5.75 Å². The molecule has 0 saturated carbocycles. The van der Waals surface area contributed by atoms with E-state index in [1.807, 2.05) is 60.7 Å². The maximum atomic E-state index is 13.2. The highest BCUT2D eigenvalue weighted by Crippen LogP contribution is 2.28. The lowest BCUT2D eigenvalue weighted by Crippen LogP contribution is -2.09. The van der Waals surface area contributed by atoms with Crippen LogP contribution in [-0.4, -0.2) is 23.3 Å². The van der Waals surface area contributed by atoms with Crippen molar-refractivity contribution in [2.75, 3.05) is 6.61 Å². The highest BCUT2D eigenvalue weighted by atomic mass is 35.5. The number of aromatic nitrogens is 1. The van der Waals surface area contributed by atoms with Crippen molar-refractivity contribution in [2.45, 2.75) is 26.4 Å². The van der Waals surface area contributed by atoms with Gasteiger partial charge in [0.1, 0.15) is 5.69 Å². The molecule has 34 heavy (non-hydrogen) atoms. The van der Waals surface area contributed by atoms with Crippen LogP contribution in [0.2, 0.25) is 5.02 Å². The Bertz CT molecular complexity index is 1300. The third-order valence-electron chi connectivity index (χ3n) is 5.42. The number of rotatable bonds is 9. The number of halogens is 1. The second-order valence-corrected chi connectivity index (χ2v) is 8.24. The zero-order valence-electron chi connectivity index (χ0n) is 18.8. The van der Waals surface area contributed by atoms with Gasteiger partial charge in [0.15, 0.2) is 5.75 Å². The number of esters is 1. The Morgan fingerprint density at radius 2 is 1.56 bits per heavy atom. The van der Waals surface area contributed by atoms with Crippen LogP contribution >= 0.6 is 11.6 Å². The van der Waals surface area contributed by atoms with Crippen molar-refractivity contribution in [1.82, 2.24) is 4.98 Å². The number of benzene rings is 3. The lowest BCUT2D eigenvalue weighted by atomic mass is 10.0. The summed E-state index contributed by atoms with van der Waals surface area (Å²) in [5.74, 6) is -0.193. The van der Waals surface area contributed by atoms with Gasteiger partial charge in [0, 0.05) is 27.8 Å². The maximum Gasteiger partial charge on any atom is 0.310 e. The number of ketones is 1. The van der Waals surface area contributed by atoms with Crippen LogP contribution in [0.1, 0.15) is 40.5 Å². The standard InChI is InChI=1S/C28H24ClNO4/c1-2-26(31)34-25-17-30-27(24-6-4-3-5-23(24)25)28(32)21-11-7-20(8-12-21)18-33-16-15-19-9-13-22(29)14-10-19/h3-14,17H,2,15-16,18H2,1H3. The van der Waals surface area contributed by atoms with Gasteiger partial charge in [-0.2, -0.15) is 0 Å². The van der Waals surface area contributed by atoms with Crippen molar-refractivity contribution in [2.24, 2.45) is 0 Å². The fourth-order valence-electron chi connectivity index (χ4n) is 3.54. The van der Waals surface area contributed by atoms with Gasteiger partial charge in [0.2, 0.25) is 5.78 Å². The van der Waals surface area contributed by atoms with E-state index in [0.29, 0.717) is 41.0 Å². The third-order valence-corrected chi connectivity index (χ3v) is 5.67. The highest BCUT2D eigenvalue weighted by molar-refractivity contribution is 6.30. The number of carbonyl (C=O) groups excluding carboxylic acids is 2. The smallest absolute Gasteiger partial charge is 0.310 e. The average molecular weight is 474 g/mol. The summed E-state index contributed by atoms with van der Waals surface area (Å²) in [4.78, 5) is 29.3. The van der Waals surface area contributed by atoms with E-state index >= 15 is 0 Å². The Labute approximate surface area is 203 Å². The van der Waals surface area contributed by atoms with Crippen LogP contribution in [0, 0.1) is 0 Å². The minimum absolute atomic E-state index is 0.195. The Hall–Kier alpha value is -3.54. The Balaban J connectivity index is 1.42. The number of fused-ring (bicyclic) bond motifs is 1. The zero-order chi connectivity index (χ0) is 23.9. The topological polar surface area (TPSA) is 65.5 Å². The molecule has 0 fully saturated rings. The van der Waals surface area contributed by atoms with Crippen molar-refractivity contribution in [1.29, 1.82) is 0 Å². The summed E-state index contributed by atoms with van der Waals surface area (Å²) >= 11 is 5.91. The normalized spacial score (nSPS) is 10.9. The van der Waals surface area contributed by atoms with Crippen molar-refractivity contribution >= 4 is 34.1 Å². The molecule has 3 aromatic carbocycles. The quantitative estimate of drug-likeness (QED) is 0.165. The predicted molar refractivity (Wildman–Crippen MR) is 132 cm³/mol. The lowest BCUT2D eigenvalue weighted by Gasteiger charge is -2.10. The second-order valence-electron chi connectivity index (χ2n) is 7.80. The molecule has 4 rings (SSSR count). The van der Waals surface area contributed by atoms with Gasteiger partial charge in [0.05, 0.1) is 19.4 Å². The van der Waals surface area contributed by atoms with Gasteiger partial charge >= 0.3 is 5.97 Å². The first-order chi connectivity index (χ1) is 16.5. The van der Waals surface area contributed by atoms with Crippen molar-refractivity contribution in [3.8, 4) is 5.75 Å². The molecule has 0 atom stereocenters. The van der Waals surface area contributed by atoms with Gasteiger partial charge < -0.3 is 9.47 Å². The summed E-state index contributed by atoms with van der Waals surface area (Å²) in [6, 6.07) is 22.3. The molecule has 4 aromatic rings. The molecular formula is C28H24ClNO4. The first kappa shape index (κ1) is 23.6. The number of carbonyl (C=O) groups is 2. The van der Waals surface area contributed by atoms with Crippen molar-refractivity contribution in [3.05, 3.63) is 106 Å². The number of hydrogen-bond acceptors (Lipinski definition) is 5. The average Bonchev–Trinajstić information content (AvgIpc) is 2.88. The highest BCUT2D eigenvalue weighted by Gasteiger charge is 2.17. The molecule has 0 spiro atoms. The third kappa shape index (κ3) is 5.68. The molecule has 5 nitrogen and oxygen atoms in total. The molecule has 1 aromatic heterocycles. The fraction of sp³-hybridized carbons (Fsp3) is 0.179. The summed E-state index contributed by atoms with van der Waals surface area (Å²) in [6.45, 7) is 2.78. The van der Waals surface area contributed by atoms with E-state index in [4.69, 9.17) is 21.1 Å². The molecule has 0 aliphatic heterocycles. The van der Waals surface area contributed by atoms with Crippen LogP contribution in [-0.2, 0) is 22.6 Å². The van der Waals surface area contributed by atoms with Crippen LogP contribution in [0.25, 0.3) is 10.8 Å². The van der Waals surface area contributed by atoms with E-state index in [1.54, 1.807) is 19.1 Å². The molecule has 6 heteroatoms. The molecule has 0 unspecified atom stereocenters. The van der Waals surface area contributed by atoms with Crippen LogP contribution in [0.4, 0.5) is 0 Å². The molecule has 172 valence electrons. The van der Waals surface area contributed by atoms with E-state index in [1.165, 1.54) is 11.8 Å². The molecule has 0 bridgehead atoms. The summed E-state index contributed by atoms with van der Waals surface area (Å²) in [7, 11) is 0. The predicted octanol–water partition coefficient (Wildman–Crippen LogP) is 6.19. The van der Waals surface area contributed by atoms with Gasteiger partial charge in [-0.1, -0.05) is 79.2 Å². The maximum absolute atomic E-state index is 13.2. The largest absolute Gasteiger partial charge is 0.424 e. The summed E-state index contributed by atoms with van der Waals surface area (Å²) < 4.78 is 11.2. The number of pyridine rings is 1. The summed E-state index contributed by atoms with van der Waals surface area (Å²) in [6.07, 6.45) is 2.49. The summed E-state index contributed by atoms with van der Waals surface area (Å²) in [5.41, 5.74) is 2.99. The van der Waals surface area contributed by atoms with Crippen LogP contribution in [0.15, 0.2) is 79.0 Å². The molecule has 0 aliphatic carbocycles. The lowest BCUT2D eigenvalue weighted by molar-refractivity contribution is -0.133. The number of ether oxygens (including phenoxy) is 2. The van der Waals surface area contributed by atoms with Gasteiger partial charge in [-0.15, -0.1) is 0 Å². The molecular weight excluding hydrogens is 450 g/mol. The number of hydrogen-bond donors (Lipinski definition) is 0. The van der Waals surface area contributed by atoms with E-state index in [-0.39, 0.29) is 18.2 Å². The monoisotopic (exact) mass is 473 g/mol. The van der Waals surface area contributed by atoms with Crippen molar-refractivity contribution in [3.63, 3.8) is 0 Å². The summed E-state index contributed by atoms with van der Waals surface area (Å²) in [5, 5.41) is 2.04.